The molecule has 3 aromatic rings. The Labute approximate surface area is 237 Å². The van der Waals surface area contributed by atoms with Gasteiger partial charge in [0.1, 0.15) is 0 Å². The Morgan fingerprint density at radius 1 is 1.10 bits per heavy atom. The molecule has 1 amide bonds. The highest BCUT2D eigenvalue weighted by atomic mass is 79.9. The number of nitrogens with one attached hydrogen (secondary N) is 1. The highest BCUT2D eigenvalue weighted by molar-refractivity contribution is 9.11. The largest absolute Gasteiger partial charge is 0.493 e. The van der Waals surface area contributed by atoms with Crippen LogP contribution >= 0.6 is 31.9 Å². The molecule has 0 unspecified atom stereocenters. The van der Waals surface area contributed by atoms with E-state index in [0.717, 1.165) is 12.5 Å². The standard InChI is InChI=1S/C25H20Br2F3N3O6/c1-3-8-38-21-6-4-14(10-22(21)37-2)24(34)32-31-13-15-9-17(26)12-18(27)23(15)39-20-7-5-16(25(28,29)30)11-19(20)33(35)36/h4-7,9-13H,3,8H2,1-2H3,(H,32,34)/b31-13+. The average Bonchev–Trinajstić information content (AvgIpc) is 2.88. The maximum Gasteiger partial charge on any atom is 0.416 e. The summed E-state index contributed by atoms with van der Waals surface area (Å²) in [7, 11) is 1.45. The van der Waals surface area contributed by atoms with E-state index in [-0.39, 0.29) is 16.9 Å². The van der Waals surface area contributed by atoms with Gasteiger partial charge in [0.05, 0.1) is 34.9 Å². The Hall–Kier alpha value is -3.65. The van der Waals surface area contributed by atoms with Gasteiger partial charge in [-0.15, -0.1) is 0 Å². The molecule has 0 aliphatic rings. The van der Waals surface area contributed by atoms with Gasteiger partial charge in [-0.25, -0.2) is 5.43 Å². The number of hydrogen-bond acceptors (Lipinski definition) is 7. The lowest BCUT2D eigenvalue weighted by atomic mass is 10.1. The van der Waals surface area contributed by atoms with Gasteiger partial charge in [-0.1, -0.05) is 22.9 Å². The molecule has 39 heavy (non-hydrogen) atoms. The summed E-state index contributed by atoms with van der Waals surface area (Å²) in [5.74, 6) is -0.130. The first kappa shape index (κ1) is 29.9. The number of halogens is 5. The molecule has 206 valence electrons. The lowest BCUT2D eigenvalue weighted by molar-refractivity contribution is -0.385. The van der Waals surface area contributed by atoms with E-state index in [1.165, 1.54) is 31.5 Å². The minimum atomic E-state index is -4.77. The number of nitro benzene ring substituents is 1. The lowest BCUT2D eigenvalue weighted by Gasteiger charge is -2.13. The number of carbonyl (C=O) groups excluding carboxylic acids is 1. The maximum absolute atomic E-state index is 13.1. The van der Waals surface area contributed by atoms with E-state index in [9.17, 15) is 28.1 Å². The predicted octanol–water partition coefficient (Wildman–Crippen LogP) is 7.49. The van der Waals surface area contributed by atoms with Gasteiger partial charge in [-0.05, 0) is 64.8 Å². The van der Waals surface area contributed by atoms with Crippen molar-refractivity contribution >= 4 is 49.7 Å². The molecule has 0 aliphatic carbocycles. The second-order valence-corrected chi connectivity index (χ2v) is 9.53. The summed E-state index contributed by atoms with van der Waals surface area (Å²) in [5, 5.41) is 15.4. The Bertz CT molecular complexity index is 1420. The fourth-order valence-electron chi connectivity index (χ4n) is 3.18. The maximum atomic E-state index is 13.1. The summed E-state index contributed by atoms with van der Waals surface area (Å²) < 4.78 is 56.6. The molecule has 0 radical (unpaired) electrons. The van der Waals surface area contributed by atoms with Crippen LogP contribution in [-0.4, -0.2) is 30.8 Å². The first-order valence-electron chi connectivity index (χ1n) is 11.1. The molecule has 1 N–H and O–H groups in total. The van der Waals surface area contributed by atoms with Crippen molar-refractivity contribution in [3.63, 3.8) is 0 Å². The van der Waals surface area contributed by atoms with Crippen LogP contribution in [0.3, 0.4) is 0 Å². The van der Waals surface area contributed by atoms with Gasteiger partial charge in [-0.2, -0.15) is 18.3 Å². The Balaban J connectivity index is 1.87. The number of methoxy groups -OCH3 is 1. The second-order valence-electron chi connectivity index (χ2n) is 7.76. The third kappa shape index (κ3) is 7.69. The molecule has 0 aromatic heterocycles. The summed E-state index contributed by atoms with van der Waals surface area (Å²) in [5.41, 5.74) is 0.768. The monoisotopic (exact) mass is 673 g/mol. The SMILES string of the molecule is CCCOc1ccc(C(=O)N/N=C/c2cc(Br)cc(Br)c2Oc2ccc(C(F)(F)F)cc2[N+](=O)[O-])cc1OC. The Morgan fingerprint density at radius 2 is 1.82 bits per heavy atom. The van der Waals surface area contributed by atoms with Crippen molar-refractivity contribution in [2.24, 2.45) is 5.10 Å². The zero-order chi connectivity index (χ0) is 28.7. The molecule has 0 saturated heterocycles. The number of nitro groups is 1. The van der Waals surface area contributed by atoms with Crippen LogP contribution in [0.4, 0.5) is 18.9 Å². The first-order valence-corrected chi connectivity index (χ1v) is 12.7. The summed E-state index contributed by atoms with van der Waals surface area (Å²) in [6, 6.07) is 9.65. The number of rotatable bonds is 10. The molecular formula is C25H20Br2F3N3O6. The average molecular weight is 675 g/mol. The number of hydrazone groups is 1. The predicted molar refractivity (Wildman–Crippen MR) is 144 cm³/mol. The number of alkyl halides is 3. The lowest BCUT2D eigenvalue weighted by Crippen LogP contribution is -2.17. The first-order chi connectivity index (χ1) is 18.4. The van der Waals surface area contributed by atoms with E-state index in [1.807, 2.05) is 6.92 Å². The molecule has 0 aliphatic heterocycles. The van der Waals surface area contributed by atoms with Gasteiger partial charge in [-0.3, -0.25) is 14.9 Å². The smallest absolute Gasteiger partial charge is 0.416 e. The van der Waals surface area contributed by atoms with E-state index >= 15 is 0 Å². The highest BCUT2D eigenvalue weighted by Gasteiger charge is 2.33. The topological polar surface area (TPSA) is 112 Å². The number of benzene rings is 3. The van der Waals surface area contributed by atoms with Gasteiger partial charge in [0.25, 0.3) is 5.91 Å². The molecule has 0 atom stereocenters. The molecule has 9 nitrogen and oxygen atoms in total. The summed E-state index contributed by atoms with van der Waals surface area (Å²) in [6.07, 6.45) is -2.76. The van der Waals surface area contributed by atoms with Crippen molar-refractivity contribution < 1.29 is 37.1 Å². The van der Waals surface area contributed by atoms with Crippen LogP contribution in [0, 0.1) is 10.1 Å². The van der Waals surface area contributed by atoms with Crippen molar-refractivity contribution in [3.8, 4) is 23.0 Å². The quantitative estimate of drug-likeness (QED) is 0.135. The molecule has 0 fully saturated rings. The minimum absolute atomic E-state index is 0.0122. The van der Waals surface area contributed by atoms with Crippen LogP contribution in [0.5, 0.6) is 23.0 Å². The fraction of sp³-hybridized carbons (Fsp3) is 0.200. The van der Waals surface area contributed by atoms with E-state index in [0.29, 0.717) is 39.2 Å². The molecule has 0 bridgehead atoms. The van der Waals surface area contributed by atoms with Gasteiger partial charge in [0, 0.05) is 21.7 Å². The van der Waals surface area contributed by atoms with Crippen LogP contribution < -0.4 is 19.6 Å². The summed E-state index contributed by atoms with van der Waals surface area (Å²) >= 11 is 6.59. The van der Waals surface area contributed by atoms with Gasteiger partial charge in [0.15, 0.2) is 17.2 Å². The van der Waals surface area contributed by atoms with Crippen molar-refractivity contribution in [2.45, 2.75) is 19.5 Å². The Morgan fingerprint density at radius 3 is 2.46 bits per heavy atom. The van der Waals surface area contributed by atoms with Crippen molar-refractivity contribution in [1.82, 2.24) is 5.43 Å². The van der Waals surface area contributed by atoms with Gasteiger partial charge in [0.2, 0.25) is 5.75 Å². The van der Waals surface area contributed by atoms with E-state index < -0.39 is 34.0 Å². The number of carbonyl (C=O) groups is 1. The fourth-order valence-corrected chi connectivity index (χ4v) is 4.52. The van der Waals surface area contributed by atoms with Crippen LogP contribution in [0.1, 0.15) is 34.8 Å². The van der Waals surface area contributed by atoms with Gasteiger partial charge >= 0.3 is 11.9 Å². The third-order valence-electron chi connectivity index (χ3n) is 4.99. The number of hydrogen-bond donors (Lipinski definition) is 1. The van der Waals surface area contributed by atoms with E-state index in [1.54, 1.807) is 12.1 Å². The summed E-state index contributed by atoms with van der Waals surface area (Å²) in [6.45, 7) is 2.44. The van der Waals surface area contributed by atoms with Crippen LogP contribution in [0.15, 0.2) is 62.6 Å². The summed E-state index contributed by atoms with van der Waals surface area (Å²) in [4.78, 5) is 23.1. The van der Waals surface area contributed by atoms with Crippen LogP contribution in [0.25, 0.3) is 0 Å². The number of amides is 1. The Kier molecular flexibility index (Phi) is 9.92. The van der Waals surface area contributed by atoms with E-state index in [4.69, 9.17) is 14.2 Å². The molecule has 0 spiro atoms. The molecule has 14 heteroatoms. The van der Waals surface area contributed by atoms with Crippen molar-refractivity contribution in [2.75, 3.05) is 13.7 Å². The highest BCUT2D eigenvalue weighted by Crippen LogP contribution is 2.41. The number of ether oxygens (including phenoxy) is 3. The zero-order valence-corrected chi connectivity index (χ0v) is 23.5. The van der Waals surface area contributed by atoms with Crippen LogP contribution in [-0.2, 0) is 6.18 Å². The molecule has 3 rings (SSSR count). The second kappa shape index (κ2) is 12.9. The number of nitrogens with zero attached hydrogens (tertiary/aromatic N) is 2. The molecule has 0 saturated carbocycles. The molecule has 0 heterocycles. The van der Waals surface area contributed by atoms with Crippen molar-refractivity contribution in [3.05, 3.63) is 84.3 Å². The van der Waals surface area contributed by atoms with Crippen LogP contribution in [0.2, 0.25) is 0 Å². The minimum Gasteiger partial charge on any atom is -0.493 e. The van der Waals surface area contributed by atoms with Crippen molar-refractivity contribution in [1.29, 1.82) is 0 Å². The van der Waals surface area contributed by atoms with E-state index in [2.05, 4.69) is 42.4 Å². The molecular weight excluding hydrogens is 655 g/mol. The molecule has 3 aromatic carbocycles. The third-order valence-corrected chi connectivity index (χ3v) is 6.04. The normalized spacial score (nSPS) is 11.4. The zero-order valence-electron chi connectivity index (χ0n) is 20.3. The van der Waals surface area contributed by atoms with Gasteiger partial charge < -0.3 is 14.2 Å².